The third-order valence-corrected chi connectivity index (χ3v) is 9.70. The fraction of sp³-hybridized carbons (Fsp3) is 0.371. The summed E-state index contributed by atoms with van der Waals surface area (Å²) < 4.78 is 23.7. The summed E-state index contributed by atoms with van der Waals surface area (Å²) >= 11 is 12.7. The van der Waals surface area contributed by atoms with Gasteiger partial charge >= 0.3 is 5.69 Å². The van der Waals surface area contributed by atoms with Gasteiger partial charge in [0, 0.05) is 48.1 Å². The van der Waals surface area contributed by atoms with E-state index in [0.717, 1.165) is 55.4 Å². The number of anilines is 2. The van der Waals surface area contributed by atoms with Crippen LogP contribution in [0.3, 0.4) is 0 Å². The molecular weight excluding hydrogens is 683 g/mol. The Labute approximate surface area is 299 Å². The Kier molecular flexibility index (Phi) is 10.8. The summed E-state index contributed by atoms with van der Waals surface area (Å²) in [5.41, 5.74) is 3.64. The molecule has 0 spiro atoms. The van der Waals surface area contributed by atoms with Crippen molar-refractivity contribution >= 4 is 34.6 Å². The first kappa shape index (κ1) is 35.4. The number of hydrogen-bond donors (Lipinski definition) is 1. The Balaban J connectivity index is 0.00000432. The average Bonchev–Trinajstić information content (AvgIpc) is 3.88. The highest BCUT2D eigenvalue weighted by molar-refractivity contribution is 6.35. The Bertz CT molecular complexity index is 1910. The zero-order valence-corrected chi connectivity index (χ0v) is 29.3. The van der Waals surface area contributed by atoms with Crippen LogP contribution < -0.4 is 20.2 Å². The first-order valence-corrected chi connectivity index (χ1v) is 17.2. The molecule has 15 heteroatoms. The Morgan fingerprint density at radius 1 is 0.920 bits per heavy atom. The Hall–Kier alpha value is -4.40. The number of rotatable bonds is 11. The zero-order chi connectivity index (χ0) is 34.0. The van der Waals surface area contributed by atoms with E-state index in [4.69, 9.17) is 37.4 Å². The van der Waals surface area contributed by atoms with Crippen molar-refractivity contribution in [1.29, 1.82) is 0 Å². The van der Waals surface area contributed by atoms with E-state index in [1.165, 1.54) is 11.0 Å². The second-order valence-corrected chi connectivity index (χ2v) is 13.1. The standard InChI is InChI=1S/C35H38Cl2N8O4.HO/c1-3-25(2)45-34(46)44(24-40-45)29-7-5-27(6-8-29)41-14-16-42(17-15-41)28-9-11-30(12-10-28)47-19-31-20-48-35(49-31,21-43-23-38-22-39-43)32-13-4-26(36)18-33(32)37;/h4-13,18,22-25,31H,3,14-17,19-21H2,1-2H3;1H. The minimum absolute atomic E-state index is 0. The topological polar surface area (TPSA) is 135 Å². The highest BCUT2D eigenvalue weighted by Gasteiger charge is 2.45. The van der Waals surface area contributed by atoms with Gasteiger partial charge in [0.25, 0.3) is 0 Å². The molecule has 3 unspecified atom stereocenters. The lowest BCUT2D eigenvalue weighted by Crippen LogP contribution is -2.46. The van der Waals surface area contributed by atoms with Gasteiger partial charge in [0.15, 0.2) is 0 Å². The largest absolute Gasteiger partial charge is 0.491 e. The van der Waals surface area contributed by atoms with Crippen molar-refractivity contribution in [1.82, 2.24) is 29.1 Å². The van der Waals surface area contributed by atoms with Crippen molar-refractivity contribution in [3.05, 3.63) is 112 Å². The minimum atomic E-state index is -1.16. The van der Waals surface area contributed by atoms with Crippen LogP contribution >= 0.6 is 23.2 Å². The lowest BCUT2D eigenvalue weighted by Gasteiger charge is -2.37. The van der Waals surface area contributed by atoms with Crippen LogP contribution in [0.1, 0.15) is 31.9 Å². The maximum absolute atomic E-state index is 12.8. The maximum Gasteiger partial charge on any atom is 0.350 e. The third-order valence-electron chi connectivity index (χ3n) is 9.15. The smallest absolute Gasteiger partial charge is 0.350 e. The molecule has 0 bridgehead atoms. The number of ether oxygens (including phenoxy) is 3. The van der Waals surface area contributed by atoms with Gasteiger partial charge in [-0.15, -0.1) is 0 Å². The molecule has 1 radical (unpaired) electrons. The van der Waals surface area contributed by atoms with E-state index in [2.05, 4.69) is 49.2 Å². The van der Waals surface area contributed by atoms with Crippen molar-refractivity contribution in [2.45, 2.75) is 44.7 Å². The molecular formula is C35H39Cl2N8O5. The first-order valence-electron chi connectivity index (χ1n) is 16.4. The van der Waals surface area contributed by atoms with E-state index >= 15 is 0 Å². The van der Waals surface area contributed by atoms with Crippen LogP contribution in [-0.4, -0.2) is 80.1 Å². The normalized spacial score (nSPS) is 19.7. The van der Waals surface area contributed by atoms with Crippen LogP contribution in [0, 0.1) is 0 Å². The molecule has 3 aromatic carbocycles. The van der Waals surface area contributed by atoms with Crippen LogP contribution in [-0.2, 0) is 21.8 Å². The fourth-order valence-corrected chi connectivity index (χ4v) is 6.79. The number of nitrogens with zero attached hydrogens (tertiary/aromatic N) is 8. The SMILES string of the molecule is CCC(C)n1ncn(-c2ccc(N3CCN(c4ccc(OCC5COC(Cn6cncn6)(c6ccc(Cl)cc6Cl)O5)cc4)CC3)cc2)c1=O.[OH]. The predicted molar refractivity (Wildman–Crippen MR) is 190 cm³/mol. The van der Waals surface area contributed by atoms with Crippen molar-refractivity contribution in [2.75, 3.05) is 49.2 Å². The highest BCUT2D eigenvalue weighted by Crippen LogP contribution is 2.40. The van der Waals surface area contributed by atoms with Gasteiger partial charge in [-0.25, -0.2) is 23.7 Å². The van der Waals surface area contributed by atoms with Crippen molar-refractivity contribution in [2.24, 2.45) is 0 Å². The van der Waals surface area contributed by atoms with Crippen molar-refractivity contribution in [3.8, 4) is 11.4 Å². The number of piperazine rings is 1. The molecule has 4 heterocycles. The molecule has 0 aliphatic carbocycles. The molecule has 3 atom stereocenters. The van der Waals surface area contributed by atoms with Crippen LogP contribution in [0.5, 0.6) is 5.75 Å². The second kappa shape index (κ2) is 15.2. The van der Waals surface area contributed by atoms with Crippen LogP contribution in [0.2, 0.25) is 10.0 Å². The molecule has 50 heavy (non-hydrogen) atoms. The van der Waals surface area contributed by atoms with Crippen LogP contribution in [0.25, 0.3) is 5.69 Å². The lowest BCUT2D eigenvalue weighted by atomic mass is 10.1. The fourth-order valence-electron chi connectivity index (χ4n) is 6.24. The maximum atomic E-state index is 12.8. The van der Waals surface area contributed by atoms with Gasteiger partial charge in [0.05, 0.1) is 23.4 Å². The summed E-state index contributed by atoms with van der Waals surface area (Å²) in [5, 5.41) is 9.50. The molecule has 0 amide bonds. The van der Waals surface area contributed by atoms with Gasteiger partial charge in [-0.3, -0.25) is 5.48 Å². The molecule has 13 nitrogen and oxygen atoms in total. The molecule has 5 aromatic rings. The Morgan fingerprint density at radius 3 is 2.20 bits per heavy atom. The van der Waals surface area contributed by atoms with E-state index in [9.17, 15) is 4.79 Å². The number of halogens is 2. The van der Waals surface area contributed by atoms with Gasteiger partial charge in [-0.1, -0.05) is 36.2 Å². The van der Waals surface area contributed by atoms with Crippen LogP contribution in [0.4, 0.5) is 11.4 Å². The predicted octanol–water partition coefficient (Wildman–Crippen LogP) is 5.40. The summed E-state index contributed by atoms with van der Waals surface area (Å²) in [6.07, 6.45) is 5.19. The molecule has 263 valence electrons. The van der Waals surface area contributed by atoms with Gasteiger partial charge in [-0.05, 0) is 74.0 Å². The number of benzene rings is 3. The van der Waals surface area contributed by atoms with E-state index in [1.54, 1.807) is 34.0 Å². The number of aromatic nitrogens is 6. The van der Waals surface area contributed by atoms with Gasteiger partial charge in [0.1, 0.15) is 44.0 Å². The summed E-state index contributed by atoms with van der Waals surface area (Å²) in [7, 11) is 0. The molecule has 1 N–H and O–H groups in total. The van der Waals surface area contributed by atoms with Gasteiger partial charge in [-0.2, -0.15) is 10.2 Å². The van der Waals surface area contributed by atoms with E-state index in [1.807, 2.05) is 44.2 Å². The molecule has 2 saturated heterocycles. The van der Waals surface area contributed by atoms with Crippen molar-refractivity contribution in [3.63, 3.8) is 0 Å². The monoisotopic (exact) mass is 721 g/mol. The number of hydrogen-bond acceptors (Lipinski definition) is 9. The highest BCUT2D eigenvalue weighted by atomic mass is 35.5. The molecule has 2 aromatic heterocycles. The zero-order valence-electron chi connectivity index (χ0n) is 27.8. The molecule has 0 saturated carbocycles. The summed E-state index contributed by atoms with van der Waals surface area (Å²) in [6.45, 7) is 8.48. The second-order valence-electron chi connectivity index (χ2n) is 12.3. The lowest BCUT2D eigenvalue weighted by molar-refractivity contribution is -0.190. The van der Waals surface area contributed by atoms with Gasteiger partial charge in [0.2, 0.25) is 5.79 Å². The summed E-state index contributed by atoms with van der Waals surface area (Å²) in [5.74, 6) is -0.410. The summed E-state index contributed by atoms with van der Waals surface area (Å²) in [4.78, 5) is 21.6. The average molecular weight is 723 g/mol. The third kappa shape index (κ3) is 7.37. The molecule has 2 fully saturated rings. The van der Waals surface area contributed by atoms with Gasteiger partial charge < -0.3 is 24.0 Å². The van der Waals surface area contributed by atoms with Crippen molar-refractivity contribution < 1.29 is 19.7 Å². The van der Waals surface area contributed by atoms with Crippen LogP contribution in [0.15, 0.2) is 90.5 Å². The molecule has 2 aliphatic rings. The van der Waals surface area contributed by atoms with E-state index < -0.39 is 5.79 Å². The minimum Gasteiger partial charge on any atom is -0.491 e. The molecule has 2 aliphatic heterocycles. The van der Waals surface area contributed by atoms with E-state index in [0.29, 0.717) is 28.8 Å². The quantitative estimate of drug-likeness (QED) is 0.190. The van der Waals surface area contributed by atoms with E-state index in [-0.39, 0.29) is 29.9 Å². The Morgan fingerprint density at radius 2 is 1.58 bits per heavy atom. The summed E-state index contributed by atoms with van der Waals surface area (Å²) in [6, 6.07) is 21.6. The first-order chi connectivity index (χ1) is 23.8. The molecule has 7 rings (SSSR count).